The van der Waals surface area contributed by atoms with Crippen molar-refractivity contribution < 1.29 is 4.39 Å². The number of aromatic nitrogens is 1. The molecular weight excluding hydrogens is 274 g/mol. The van der Waals surface area contributed by atoms with E-state index in [2.05, 4.69) is 4.98 Å². The summed E-state index contributed by atoms with van der Waals surface area (Å²) in [5.41, 5.74) is 1.40. The van der Waals surface area contributed by atoms with Crippen LogP contribution in [0.4, 0.5) is 4.39 Å². The summed E-state index contributed by atoms with van der Waals surface area (Å²) in [6.45, 7) is 0. The fourth-order valence-corrected chi connectivity index (χ4v) is 1.95. The Morgan fingerprint density at radius 2 is 2.11 bits per heavy atom. The second kappa shape index (κ2) is 5.34. The molecule has 2 aromatic rings. The highest BCUT2D eigenvalue weighted by Crippen LogP contribution is 2.32. The van der Waals surface area contributed by atoms with Gasteiger partial charge in [-0.05, 0) is 12.1 Å². The molecule has 5 heteroatoms. The summed E-state index contributed by atoms with van der Waals surface area (Å²) in [6, 6.07) is 8.55. The molecule has 18 heavy (non-hydrogen) atoms. The van der Waals surface area contributed by atoms with Crippen LogP contribution in [0.3, 0.4) is 0 Å². The Hall–Kier alpha value is -1.63. The number of hydrogen-bond acceptors (Lipinski definition) is 2. The van der Waals surface area contributed by atoms with Crippen molar-refractivity contribution in [3.63, 3.8) is 0 Å². The van der Waals surface area contributed by atoms with Gasteiger partial charge in [0.15, 0.2) is 0 Å². The van der Waals surface area contributed by atoms with Crippen LogP contribution in [-0.4, -0.2) is 4.98 Å². The Kier molecular flexibility index (Phi) is 3.81. The second-order valence-electron chi connectivity index (χ2n) is 3.60. The lowest BCUT2D eigenvalue weighted by atomic mass is 10.1. The van der Waals surface area contributed by atoms with Crippen molar-refractivity contribution >= 4 is 23.2 Å². The van der Waals surface area contributed by atoms with Crippen molar-refractivity contribution in [1.82, 2.24) is 4.98 Å². The van der Waals surface area contributed by atoms with Gasteiger partial charge in [0.05, 0.1) is 34.4 Å². The second-order valence-corrected chi connectivity index (χ2v) is 4.38. The van der Waals surface area contributed by atoms with Gasteiger partial charge in [-0.3, -0.25) is 4.98 Å². The van der Waals surface area contributed by atoms with Gasteiger partial charge in [0, 0.05) is 11.1 Å². The number of rotatable bonds is 2. The van der Waals surface area contributed by atoms with Crippen LogP contribution in [0.15, 0.2) is 30.5 Å². The van der Waals surface area contributed by atoms with Gasteiger partial charge >= 0.3 is 0 Å². The zero-order valence-electron chi connectivity index (χ0n) is 9.12. The van der Waals surface area contributed by atoms with Crippen LogP contribution in [0.1, 0.15) is 5.56 Å². The fraction of sp³-hybridized carbons (Fsp3) is 0.0769. The summed E-state index contributed by atoms with van der Waals surface area (Å²) >= 11 is 12.0. The quantitative estimate of drug-likeness (QED) is 0.824. The standard InChI is InChI=1S/C13H7Cl2FN2/c14-10-3-1-2-9(13(10)15)12-6-8(4-5-17)11(16)7-18-12/h1-3,6-7H,4H2. The van der Waals surface area contributed by atoms with Crippen molar-refractivity contribution in [1.29, 1.82) is 5.26 Å². The van der Waals surface area contributed by atoms with Crippen LogP contribution in [0.5, 0.6) is 0 Å². The van der Waals surface area contributed by atoms with Crippen LogP contribution in [-0.2, 0) is 6.42 Å². The minimum atomic E-state index is -0.501. The molecule has 0 fully saturated rings. The lowest BCUT2D eigenvalue weighted by Gasteiger charge is -2.06. The van der Waals surface area contributed by atoms with Gasteiger partial charge in [-0.2, -0.15) is 5.26 Å². The third kappa shape index (κ3) is 2.45. The zero-order valence-corrected chi connectivity index (χ0v) is 10.6. The third-order valence-electron chi connectivity index (χ3n) is 2.43. The first-order valence-electron chi connectivity index (χ1n) is 5.09. The molecule has 0 atom stereocenters. The molecule has 0 saturated carbocycles. The van der Waals surface area contributed by atoms with E-state index < -0.39 is 5.82 Å². The number of pyridine rings is 1. The molecule has 2 nitrogen and oxygen atoms in total. The molecule has 0 aliphatic heterocycles. The molecule has 0 bridgehead atoms. The minimum Gasteiger partial charge on any atom is -0.253 e. The van der Waals surface area contributed by atoms with E-state index in [-0.39, 0.29) is 6.42 Å². The molecule has 0 N–H and O–H groups in total. The first-order valence-corrected chi connectivity index (χ1v) is 5.85. The van der Waals surface area contributed by atoms with E-state index >= 15 is 0 Å². The summed E-state index contributed by atoms with van der Waals surface area (Å²) in [5, 5.41) is 9.39. The molecule has 0 aliphatic carbocycles. The zero-order chi connectivity index (χ0) is 13.1. The maximum Gasteiger partial charge on any atom is 0.145 e. The maximum absolute atomic E-state index is 13.4. The monoisotopic (exact) mass is 280 g/mol. The van der Waals surface area contributed by atoms with Gasteiger partial charge in [-0.1, -0.05) is 35.3 Å². The van der Waals surface area contributed by atoms with E-state index in [0.29, 0.717) is 26.9 Å². The van der Waals surface area contributed by atoms with E-state index in [4.69, 9.17) is 28.5 Å². The fourth-order valence-electron chi connectivity index (χ4n) is 1.55. The molecule has 90 valence electrons. The minimum absolute atomic E-state index is 0.0143. The number of nitrogens with zero attached hydrogens (tertiary/aromatic N) is 2. The normalized spacial score (nSPS) is 10.1. The third-order valence-corrected chi connectivity index (χ3v) is 3.25. The Labute approximate surface area is 114 Å². The van der Waals surface area contributed by atoms with Crippen molar-refractivity contribution in [2.45, 2.75) is 6.42 Å². The molecule has 0 amide bonds. The average molecular weight is 281 g/mol. The van der Waals surface area contributed by atoms with Gasteiger partial charge in [-0.15, -0.1) is 0 Å². The Bertz CT molecular complexity index is 635. The molecule has 0 unspecified atom stereocenters. The predicted molar refractivity (Wildman–Crippen MR) is 69.0 cm³/mol. The molecule has 0 radical (unpaired) electrons. The van der Waals surface area contributed by atoms with Gasteiger partial charge in [0.2, 0.25) is 0 Å². The Morgan fingerprint density at radius 1 is 1.33 bits per heavy atom. The highest BCUT2D eigenvalue weighted by atomic mass is 35.5. The predicted octanol–water partition coefficient (Wildman–Crippen LogP) is 4.26. The number of nitriles is 1. The van der Waals surface area contributed by atoms with Crippen LogP contribution in [0.25, 0.3) is 11.3 Å². The lowest BCUT2D eigenvalue weighted by Crippen LogP contribution is -1.93. The molecule has 1 aromatic heterocycles. The average Bonchev–Trinajstić information content (AvgIpc) is 2.36. The van der Waals surface area contributed by atoms with Gasteiger partial charge in [0.1, 0.15) is 5.82 Å². The Balaban J connectivity index is 2.55. The largest absolute Gasteiger partial charge is 0.253 e. The highest BCUT2D eigenvalue weighted by molar-refractivity contribution is 6.43. The summed E-state index contributed by atoms with van der Waals surface area (Å²) < 4.78 is 13.4. The van der Waals surface area contributed by atoms with E-state index in [1.807, 2.05) is 6.07 Å². The van der Waals surface area contributed by atoms with Crippen molar-refractivity contribution in [2.24, 2.45) is 0 Å². The highest BCUT2D eigenvalue weighted by Gasteiger charge is 2.11. The summed E-state index contributed by atoms with van der Waals surface area (Å²) in [5.74, 6) is -0.501. The molecular formula is C13H7Cl2FN2. The first kappa shape index (κ1) is 12.8. The van der Waals surface area contributed by atoms with Crippen LogP contribution in [0, 0.1) is 17.1 Å². The van der Waals surface area contributed by atoms with Crippen LogP contribution in [0.2, 0.25) is 10.0 Å². The van der Waals surface area contributed by atoms with Crippen LogP contribution >= 0.6 is 23.2 Å². The first-order chi connectivity index (χ1) is 8.63. The molecule has 0 saturated heterocycles. The topological polar surface area (TPSA) is 36.7 Å². The Morgan fingerprint density at radius 3 is 2.83 bits per heavy atom. The van der Waals surface area contributed by atoms with E-state index in [1.165, 1.54) is 6.07 Å². The smallest absolute Gasteiger partial charge is 0.145 e. The maximum atomic E-state index is 13.4. The van der Waals surface area contributed by atoms with Gasteiger partial charge in [-0.25, -0.2) is 4.39 Å². The van der Waals surface area contributed by atoms with E-state index in [1.54, 1.807) is 18.2 Å². The van der Waals surface area contributed by atoms with E-state index in [9.17, 15) is 4.39 Å². The summed E-state index contributed by atoms with van der Waals surface area (Å²) in [7, 11) is 0. The number of benzene rings is 1. The molecule has 0 aliphatic rings. The molecule has 0 spiro atoms. The summed E-state index contributed by atoms with van der Waals surface area (Å²) in [4.78, 5) is 3.97. The van der Waals surface area contributed by atoms with Crippen molar-refractivity contribution in [2.75, 3.05) is 0 Å². The molecule has 2 rings (SSSR count). The SMILES string of the molecule is N#CCc1cc(-c2cccc(Cl)c2Cl)ncc1F. The number of halogens is 3. The van der Waals surface area contributed by atoms with Gasteiger partial charge < -0.3 is 0 Å². The summed E-state index contributed by atoms with van der Waals surface area (Å²) in [6.07, 6.45) is 1.07. The van der Waals surface area contributed by atoms with Crippen molar-refractivity contribution in [3.8, 4) is 17.3 Å². The van der Waals surface area contributed by atoms with Gasteiger partial charge in [0.25, 0.3) is 0 Å². The molecule has 1 aromatic carbocycles. The molecule has 1 heterocycles. The van der Waals surface area contributed by atoms with E-state index in [0.717, 1.165) is 6.20 Å². The number of hydrogen-bond donors (Lipinski definition) is 0. The van der Waals surface area contributed by atoms with Crippen LogP contribution < -0.4 is 0 Å². The van der Waals surface area contributed by atoms with Crippen molar-refractivity contribution in [3.05, 3.63) is 51.9 Å². The lowest BCUT2D eigenvalue weighted by molar-refractivity contribution is 0.609.